The first-order chi connectivity index (χ1) is 21.0. The van der Waals surface area contributed by atoms with Crippen LogP contribution in [0.1, 0.15) is 59.6 Å². The van der Waals surface area contributed by atoms with E-state index < -0.39 is 75.7 Å². The molecule has 4 N–H and O–H groups in total. The minimum Gasteiger partial charge on any atom is -0.426 e. The number of nitrogens with one attached hydrogen (secondary N) is 2. The Bertz CT molecular complexity index is 1420. The number of esters is 2. The lowest BCUT2D eigenvalue weighted by Gasteiger charge is -2.44. The van der Waals surface area contributed by atoms with Gasteiger partial charge in [0.2, 0.25) is 24.5 Å². The summed E-state index contributed by atoms with van der Waals surface area (Å²) in [5.74, 6) is -2.32. The Balaban J connectivity index is 1.13. The van der Waals surface area contributed by atoms with Gasteiger partial charge in [-0.25, -0.2) is 14.4 Å². The van der Waals surface area contributed by atoms with Gasteiger partial charge in [-0.1, -0.05) is 12.1 Å². The van der Waals surface area contributed by atoms with E-state index in [-0.39, 0.29) is 23.1 Å². The van der Waals surface area contributed by atoms with Crippen LogP contribution in [0.15, 0.2) is 24.3 Å². The Hall–Kier alpha value is -3.50. The summed E-state index contributed by atoms with van der Waals surface area (Å²) >= 11 is 2.86. The van der Waals surface area contributed by atoms with Crippen molar-refractivity contribution in [1.29, 1.82) is 0 Å². The maximum Gasteiger partial charge on any atom is 0.412 e. The van der Waals surface area contributed by atoms with E-state index in [0.717, 1.165) is 0 Å². The number of hydrogen-bond donors (Lipinski definition) is 3. The lowest BCUT2D eigenvalue weighted by atomic mass is 9.95. The summed E-state index contributed by atoms with van der Waals surface area (Å²) in [6.45, 7) is 10.2. The van der Waals surface area contributed by atoms with Crippen molar-refractivity contribution < 1.29 is 43.0 Å². The van der Waals surface area contributed by atoms with Crippen molar-refractivity contribution in [2.45, 2.75) is 98.4 Å². The maximum absolute atomic E-state index is 13.2. The number of benzene rings is 1. The monoisotopic (exact) mass is 663 g/mol. The maximum atomic E-state index is 13.2. The number of thioether (sulfide) groups is 2. The molecular weight excluding hydrogens is 626 g/mol. The molecule has 1 unspecified atom stereocenters. The zero-order valence-electron chi connectivity index (χ0n) is 25.7. The molecule has 0 aliphatic carbocycles. The normalized spacial score (nSPS) is 27.9. The van der Waals surface area contributed by atoms with Crippen LogP contribution in [0.25, 0.3) is 0 Å². The van der Waals surface area contributed by atoms with Crippen LogP contribution in [0.3, 0.4) is 0 Å². The Morgan fingerprint density at radius 3 is 2.11 bits per heavy atom. The number of nitrogens with zero attached hydrogens (tertiary/aromatic N) is 2. The Labute approximate surface area is 268 Å². The minimum absolute atomic E-state index is 0.0643. The molecule has 0 radical (unpaired) electrons. The molecule has 4 saturated heterocycles. The molecule has 0 bridgehead atoms. The molecular formula is C29H37N5O9S2. The third-order valence-corrected chi connectivity index (χ3v) is 11.1. The van der Waals surface area contributed by atoms with Crippen LogP contribution in [-0.2, 0) is 33.4 Å². The average molecular weight is 664 g/mol. The Morgan fingerprint density at radius 1 is 0.956 bits per heavy atom. The van der Waals surface area contributed by atoms with Crippen molar-refractivity contribution in [3.63, 3.8) is 0 Å². The lowest BCUT2D eigenvalue weighted by Crippen LogP contribution is -2.71. The molecule has 4 fully saturated rings. The van der Waals surface area contributed by atoms with Crippen molar-refractivity contribution in [1.82, 2.24) is 20.4 Å². The fourth-order valence-electron chi connectivity index (χ4n) is 5.90. The zero-order chi connectivity index (χ0) is 33.0. The summed E-state index contributed by atoms with van der Waals surface area (Å²) in [6.07, 6.45) is -0.231. The van der Waals surface area contributed by atoms with E-state index in [1.165, 1.54) is 45.5 Å². The van der Waals surface area contributed by atoms with E-state index in [9.17, 15) is 28.8 Å². The van der Waals surface area contributed by atoms with Gasteiger partial charge < -0.3 is 40.4 Å². The second kappa shape index (κ2) is 12.0. The van der Waals surface area contributed by atoms with Gasteiger partial charge in [0, 0.05) is 15.5 Å². The summed E-state index contributed by atoms with van der Waals surface area (Å²) < 4.78 is 14.4. The van der Waals surface area contributed by atoms with Crippen LogP contribution >= 0.6 is 23.5 Å². The number of amides is 4. The highest BCUT2D eigenvalue weighted by atomic mass is 32.2. The third kappa shape index (κ3) is 6.19. The van der Waals surface area contributed by atoms with Crippen LogP contribution in [0.5, 0.6) is 5.75 Å². The topological polar surface area (TPSA) is 187 Å². The van der Waals surface area contributed by atoms with E-state index >= 15 is 0 Å². The Kier molecular flexibility index (Phi) is 8.78. The largest absolute Gasteiger partial charge is 0.426 e. The van der Waals surface area contributed by atoms with Crippen LogP contribution in [0.4, 0.5) is 4.79 Å². The molecule has 16 heteroatoms. The number of rotatable bonds is 9. The van der Waals surface area contributed by atoms with Crippen LogP contribution in [0.2, 0.25) is 0 Å². The molecule has 0 aromatic heterocycles. The second-order valence-corrected chi connectivity index (χ2v) is 16.2. The van der Waals surface area contributed by atoms with Gasteiger partial charge in [0.25, 0.3) is 0 Å². The molecule has 1 aromatic carbocycles. The van der Waals surface area contributed by atoms with Gasteiger partial charge in [0.05, 0.1) is 11.8 Å². The number of carbonyl (C=O) groups excluding carboxylic acids is 6. The van der Waals surface area contributed by atoms with Crippen LogP contribution < -0.4 is 21.1 Å². The summed E-state index contributed by atoms with van der Waals surface area (Å²) in [7, 11) is 0. The van der Waals surface area contributed by atoms with Crippen molar-refractivity contribution >= 4 is 59.3 Å². The predicted octanol–water partition coefficient (Wildman–Crippen LogP) is 1.23. The van der Waals surface area contributed by atoms with Gasteiger partial charge in [0.1, 0.15) is 35.3 Å². The molecule has 4 amide bonds. The molecule has 4 aliphatic rings. The molecule has 244 valence electrons. The first-order valence-corrected chi connectivity index (χ1v) is 16.2. The van der Waals surface area contributed by atoms with E-state index in [1.54, 1.807) is 39.8 Å². The smallest absolute Gasteiger partial charge is 0.412 e. The first-order valence-electron chi connectivity index (χ1n) is 14.5. The number of β-lactam (4-membered cyclic amide) rings is 2. The first kappa shape index (κ1) is 32.9. The summed E-state index contributed by atoms with van der Waals surface area (Å²) in [4.78, 5) is 78.9. The van der Waals surface area contributed by atoms with E-state index in [2.05, 4.69) is 10.6 Å². The van der Waals surface area contributed by atoms with Crippen molar-refractivity contribution in [2.75, 3.05) is 6.79 Å². The molecule has 14 nitrogen and oxygen atoms in total. The minimum atomic E-state index is -1.11. The molecule has 4 aliphatic heterocycles. The lowest BCUT2D eigenvalue weighted by molar-refractivity contribution is -0.181. The van der Waals surface area contributed by atoms with Crippen LogP contribution in [-0.4, -0.2) is 96.8 Å². The number of fused-ring (bicyclic) bond motifs is 2. The highest BCUT2D eigenvalue weighted by Gasteiger charge is 2.65. The number of hydrogen-bond acceptors (Lipinski definition) is 12. The van der Waals surface area contributed by atoms with Gasteiger partial charge in [-0.05, 0) is 59.2 Å². The van der Waals surface area contributed by atoms with Gasteiger partial charge in [0.15, 0.2) is 0 Å². The SMILES string of the molecule is CC(C)NC(=O)Oc1ccc(C(N)C(=O)N[C@@H]2C(=O)N3[C@@H]2SC(C)(C)[C@@H]3C(=O)OCOC(=O)[C@@H]2N3C(=O)C[C@H]3SC2(C)C)cc1. The predicted molar refractivity (Wildman–Crippen MR) is 163 cm³/mol. The van der Waals surface area contributed by atoms with Gasteiger partial charge >= 0.3 is 18.0 Å². The van der Waals surface area contributed by atoms with Crippen LogP contribution in [0, 0.1) is 0 Å². The zero-order valence-corrected chi connectivity index (χ0v) is 27.4. The molecule has 0 saturated carbocycles. The van der Waals surface area contributed by atoms with Gasteiger partial charge in [-0.2, -0.15) is 0 Å². The quantitative estimate of drug-likeness (QED) is 0.195. The second-order valence-electron chi connectivity index (χ2n) is 12.6. The fourth-order valence-corrected chi connectivity index (χ4v) is 9.14. The molecule has 1 aromatic rings. The summed E-state index contributed by atoms with van der Waals surface area (Å²) in [5, 5.41) is 4.69. The van der Waals surface area contributed by atoms with E-state index in [0.29, 0.717) is 12.0 Å². The highest BCUT2D eigenvalue weighted by Crippen LogP contribution is 2.52. The number of nitrogens with two attached hydrogens (primary N) is 1. The standard InChI is InChI=1S/C29H37N5O9S2/c1-13(2)31-27(40)43-15-9-7-14(8-10-15)18(30)22(36)32-19-23(37)34-21(29(5,6)45-24(19)34)26(39)42-12-41-25(38)20-28(3,4)44-17-11-16(35)33(17)20/h7-10,13,17-21,24H,11-12,30H2,1-6H3,(H,31,40)(H,32,36)/t17-,18?,19-,20+,21+,24-/m1/s1. The molecule has 6 atom stereocenters. The average Bonchev–Trinajstić information content (AvgIpc) is 3.33. The summed E-state index contributed by atoms with van der Waals surface area (Å²) in [5.41, 5.74) is 6.60. The number of ether oxygens (including phenoxy) is 3. The van der Waals surface area contributed by atoms with E-state index in [1.807, 2.05) is 13.8 Å². The molecule has 45 heavy (non-hydrogen) atoms. The van der Waals surface area contributed by atoms with E-state index in [4.69, 9.17) is 19.9 Å². The third-order valence-electron chi connectivity index (χ3n) is 8.05. The van der Waals surface area contributed by atoms with Gasteiger partial charge in [-0.3, -0.25) is 14.4 Å². The van der Waals surface area contributed by atoms with Crippen molar-refractivity contribution in [3.05, 3.63) is 29.8 Å². The fraction of sp³-hybridized carbons (Fsp3) is 0.586. The number of carbonyl (C=O) groups is 6. The summed E-state index contributed by atoms with van der Waals surface area (Å²) in [6, 6.07) is 2.24. The molecule has 5 rings (SSSR count). The molecule has 0 spiro atoms. The van der Waals surface area contributed by atoms with Crippen molar-refractivity contribution in [3.8, 4) is 5.75 Å². The van der Waals surface area contributed by atoms with Gasteiger partial charge in [-0.15, -0.1) is 23.5 Å². The molecule has 4 heterocycles. The Morgan fingerprint density at radius 2 is 1.53 bits per heavy atom. The van der Waals surface area contributed by atoms with Crippen molar-refractivity contribution in [2.24, 2.45) is 5.73 Å². The highest BCUT2D eigenvalue weighted by molar-refractivity contribution is 8.02.